The fourth-order valence-corrected chi connectivity index (χ4v) is 4.71. The van der Waals surface area contributed by atoms with Crippen molar-refractivity contribution in [2.24, 2.45) is 0 Å². The van der Waals surface area contributed by atoms with Crippen LogP contribution in [0.2, 0.25) is 0 Å². The second kappa shape index (κ2) is 14.6. The van der Waals surface area contributed by atoms with Crippen LogP contribution in [0, 0.1) is 3.57 Å². The van der Waals surface area contributed by atoms with Gasteiger partial charge in [-0.25, -0.2) is 0 Å². The first-order valence-electron chi connectivity index (χ1n) is 11.5. The van der Waals surface area contributed by atoms with Gasteiger partial charge in [0.1, 0.15) is 12.2 Å². The third-order valence-electron chi connectivity index (χ3n) is 5.66. The minimum absolute atomic E-state index is 0.0748. The molecule has 11 heteroatoms. The van der Waals surface area contributed by atoms with E-state index in [-0.39, 0.29) is 45.2 Å². The number of benzene rings is 1. The Balaban J connectivity index is 2.47. The molecule has 1 aromatic rings. The van der Waals surface area contributed by atoms with E-state index in [1.165, 1.54) is 14.2 Å². The third-order valence-corrected chi connectivity index (χ3v) is 6.46. The van der Waals surface area contributed by atoms with Gasteiger partial charge in [-0.3, -0.25) is 9.59 Å². The summed E-state index contributed by atoms with van der Waals surface area (Å²) in [5.41, 5.74) is 0.975. The molecular weight excluding hydrogens is 571 g/mol. The van der Waals surface area contributed by atoms with E-state index in [0.29, 0.717) is 39.0 Å². The Morgan fingerprint density at radius 1 is 1.26 bits per heavy atom. The van der Waals surface area contributed by atoms with E-state index < -0.39 is 24.2 Å². The Morgan fingerprint density at radius 2 is 2.00 bits per heavy atom. The molecule has 0 saturated carbocycles. The van der Waals surface area contributed by atoms with Crippen LogP contribution in [0.4, 0.5) is 0 Å². The van der Waals surface area contributed by atoms with Crippen LogP contribution in [0.15, 0.2) is 23.8 Å². The van der Waals surface area contributed by atoms with Crippen molar-refractivity contribution in [2.45, 2.75) is 51.0 Å². The number of hydrogen-bond donors (Lipinski definition) is 4. The molecule has 0 heterocycles. The molecule has 1 aromatic carbocycles. The molecule has 35 heavy (non-hydrogen) atoms. The first kappa shape index (κ1) is 29.3. The summed E-state index contributed by atoms with van der Waals surface area (Å²) in [6, 6.07) is 2.65. The summed E-state index contributed by atoms with van der Waals surface area (Å²) in [7, 11) is 3.00. The smallest absolute Gasteiger partial charge is 0.247 e. The van der Waals surface area contributed by atoms with Gasteiger partial charge in [-0.1, -0.05) is 6.92 Å². The average molecular weight is 606 g/mol. The van der Waals surface area contributed by atoms with Crippen LogP contribution >= 0.6 is 22.6 Å². The fourth-order valence-electron chi connectivity index (χ4n) is 3.92. The second-order valence-corrected chi connectivity index (χ2v) is 9.28. The molecule has 196 valence electrons. The van der Waals surface area contributed by atoms with E-state index in [1.807, 2.05) is 6.92 Å². The van der Waals surface area contributed by atoms with Gasteiger partial charge in [0.15, 0.2) is 11.5 Å². The summed E-state index contributed by atoms with van der Waals surface area (Å²) < 4.78 is 17.5. The molecule has 0 bridgehead atoms. The highest BCUT2D eigenvalue weighted by atomic mass is 127. The number of methoxy groups -OCH3 is 2. The lowest BCUT2D eigenvalue weighted by atomic mass is 9.88. The number of hydrogen-bond acceptors (Lipinski definition) is 8. The predicted molar refractivity (Wildman–Crippen MR) is 137 cm³/mol. The van der Waals surface area contributed by atoms with E-state index in [2.05, 4.69) is 27.9 Å². The maximum Gasteiger partial charge on any atom is 0.247 e. The Labute approximate surface area is 219 Å². The van der Waals surface area contributed by atoms with Crippen LogP contribution in [-0.2, 0) is 20.9 Å². The van der Waals surface area contributed by atoms with E-state index in [1.54, 1.807) is 23.1 Å². The van der Waals surface area contributed by atoms with E-state index in [9.17, 15) is 19.8 Å². The molecule has 1 aliphatic carbocycles. The lowest BCUT2D eigenvalue weighted by Gasteiger charge is -2.40. The summed E-state index contributed by atoms with van der Waals surface area (Å²) in [5, 5.41) is 32.6. The predicted octanol–water partition coefficient (Wildman–Crippen LogP) is 0.983. The molecule has 1 aliphatic rings. The first-order valence-corrected chi connectivity index (χ1v) is 12.6. The average Bonchev–Trinajstić information content (AvgIpc) is 2.85. The lowest BCUT2D eigenvalue weighted by molar-refractivity contribution is -0.139. The SMILES string of the molecule is CCCC(=O)N(CCOC)C1CC(C(=O)NCCO)=CC(Oc2c(I)cc(CO)cc2OC)C1O. The summed E-state index contributed by atoms with van der Waals surface area (Å²) in [5.74, 6) is 0.165. The zero-order valence-corrected chi connectivity index (χ0v) is 22.5. The molecule has 2 amide bonds. The number of carbonyl (C=O) groups is 2. The van der Waals surface area contributed by atoms with Crippen molar-refractivity contribution in [1.82, 2.24) is 10.2 Å². The lowest BCUT2D eigenvalue weighted by Crippen LogP contribution is -2.55. The second-order valence-electron chi connectivity index (χ2n) is 8.11. The Morgan fingerprint density at radius 3 is 2.60 bits per heavy atom. The van der Waals surface area contributed by atoms with E-state index in [0.717, 1.165) is 0 Å². The molecule has 10 nitrogen and oxygen atoms in total. The van der Waals surface area contributed by atoms with Gasteiger partial charge in [0.25, 0.3) is 0 Å². The van der Waals surface area contributed by atoms with Crippen molar-refractivity contribution in [1.29, 1.82) is 0 Å². The number of ether oxygens (including phenoxy) is 3. The summed E-state index contributed by atoms with van der Waals surface area (Å²) in [6.45, 7) is 2.10. The fraction of sp³-hybridized carbons (Fsp3) is 0.583. The molecule has 2 rings (SSSR count). The highest BCUT2D eigenvalue weighted by Gasteiger charge is 2.40. The molecule has 3 unspecified atom stereocenters. The Bertz CT molecular complexity index is 895. The number of aliphatic hydroxyl groups is 3. The quantitative estimate of drug-likeness (QED) is 0.244. The summed E-state index contributed by atoms with van der Waals surface area (Å²) in [6.07, 6.45) is 0.488. The molecule has 4 N–H and O–H groups in total. The third kappa shape index (κ3) is 7.78. The molecule has 0 radical (unpaired) electrons. The molecule has 0 spiro atoms. The summed E-state index contributed by atoms with van der Waals surface area (Å²) >= 11 is 2.05. The van der Waals surface area contributed by atoms with Gasteiger partial charge in [-0.05, 0) is 52.8 Å². The van der Waals surface area contributed by atoms with Crippen molar-refractivity contribution in [2.75, 3.05) is 40.5 Å². The van der Waals surface area contributed by atoms with Crippen LogP contribution < -0.4 is 14.8 Å². The van der Waals surface area contributed by atoms with Crippen LogP contribution in [0.3, 0.4) is 0 Å². The molecular formula is C24H35IN2O8. The maximum atomic E-state index is 13.0. The Kier molecular flexibility index (Phi) is 12.2. The van der Waals surface area contributed by atoms with Crippen molar-refractivity contribution < 1.29 is 39.1 Å². The van der Waals surface area contributed by atoms with Crippen molar-refractivity contribution in [3.8, 4) is 11.5 Å². The maximum absolute atomic E-state index is 13.0. The molecule has 0 aliphatic heterocycles. The van der Waals surface area contributed by atoms with Crippen LogP contribution in [0.1, 0.15) is 31.7 Å². The minimum Gasteiger partial charge on any atom is -0.493 e. The standard InChI is InChI=1S/C24H35IN2O8/c1-4-5-21(30)27(7-9-33-2)18-12-16(24(32)26-6-8-28)13-19(22(18)31)35-23-17(25)10-15(14-29)11-20(23)34-3/h10-11,13,18-19,22,28-29,31H,4-9,12,14H2,1-3H3,(H,26,32). The van der Waals surface area contributed by atoms with E-state index in [4.69, 9.17) is 19.3 Å². The first-order chi connectivity index (χ1) is 16.8. The largest absolute Gasteiger partial charge is 0.493 e. The van der Waals surface area contributed by atoms with Gasteiger partial charge < -0.3 is 39.7 Å². The highest BCUT2D eigenvalue weighted by molar-refractivity contribution is 14.1. The van der Waals surface area contributed by atoms with Crippen LogP contribution in [0.25, 0.3) is 0 Å². The molecule has 3 atom stereocenters. The van der Waals surface area contributed by atoms with Crippen molar-refractivity contribution >= 4 is 34.4 Å². The molecule has 0 aromatic heterocycles. The molecule has 0 saturated heterocycles. The number of nitrogens with one attached hydrogen (secondary N) is 1. The zero-order valence-electron chi connectivity index (χ0n) is 20.3. The number of halogens is 1. The van der Waals surface area contributed by atoms with Gasteiger partial charge in [0.05, 0.1) is 36.5 Å². The van der Waals surface area contributed by atoms with Gasteiger partial charge in [-0.2, -0.15) is 0 Å². The minimum atomic E-state index is -1.14. The normalized spacial score (nSPS) is 19.6. The number of nitrogens with zero attached hydrogens (tertiary/aromatic N) is 1. The van der Waals surface area contributed by atoms with Gasteiger partial charge >= 0.3 is 0 Å². The molecule has 0 fully saturated rings. The highest BCUT2D eigenvalue weighted by Crippen LogP contribution is 2.37. The topological polar surface area (TPSA) is 138 Å². The van der Waals surface area contributed by atoms with Gasteiger partial charge in [0.2, 0.25) is 11.8 Å². The van der Waals surface area contributed by atoms with Crippen LogP contribution in [0.5, 0.6) is 11.5 Å². The Hall–Kier alpha value is -1.93. The number of aliphatic hydroxyl groups excluding tert-OH is 3. The van der Waals surface area contributed by atoms with Crippen molar-refractivity contribution in [3.05, 3.63) is 32.9 Å². The van der Waals surface area contributed by atoms with Crippen molar-refractivity contribution in [3.63, 3.8) is 0 Å². The summed E-state index contributed by atoms with van der Waals surface area (Å²) in [4.78, 5) is 27.3. The van der Waals surface area contributed by atoms with E-state index >= 15 is 0 Å². The number of rotatable bonds is 13. The monoisotopic (exact) mass is 606 g/mol. The van der Waals surface area contributed by atoms with Gasteiger partial charge in [0, 0.05) is 38.6 Å². The van der Waals surface area contributed by atoms with Gasteiger partial charge in [-0.15, -0.1) is 0 Å². The zero-order chi connectivity index (χ0) is 26.0. The van der Waals surface area contributed by atoms with Crippen LogP contribution in [-0.4, -0.2) is 90.8 Å². The number of carbonyl (C=O) groups excluding carboxylic acids is 2. The number of amides is 2.